The van der Waals surface area contributed by atoms with E-state index in [1.54, 1.807) is 11.3 Å². The Hall–Kier alpha value is -2.45. The van der Waals surface area contributed by atoms with E-state index in [0.717, 1.165) is 4.88 Å². The third-order valence-electron chi connectivity index (χ3n) is 4.00. The van der Waals surface area contributed by atoms with Gasteiger partial charge in [0.05, 0.1) is 18.9 Å². The van der Waals surface area contributed by atoms with Gasteiger partial charge in [-0.2, -0.15) is 4.98 Å². The number of rotatable bonds is 7. The van der Waals surface area contributed by atoms with Gasteiger partial charge in [-0.3, -0.25) is 0 Å². The molecule has 6 nitrogen and oxygen atoms in total. The molecule has 1 atom stereocenters. The van der Waals surface area contributed by atoms with Crippen LogP contribution in [0.15, 0.2) is 38.8 Å². The van der Waals surface area contributed by atoms with E-state index in [9.17, 15) is 4.39 Å². The Kier molecular flexibility index (Phi) is 5.09. The van der Waals surface area contributed by atoms with Crippen molar-refractivity contribution in [1.82, 2.24) is 15.0 Å². The maximum Gasteiger partial charge on any atom is 0.231 e. The summed E-state index contributed by atoms with van der Waals surface area (Å²) >= 11 is 7.78. The van der Waals surface area contributed by atoms with Gasteiger partial charge in [0.2, 0.25) is 11.2 Å². The van der Waals surface area contributed by atoms with Crippen LogP contribution in [0.4, 0.5) is 10.2 Å². The van der Waals surface area contributed by atoms with Crippen molar-refractivity contribution < 1.29 is 13.2 Å². The van der Waals surface area contributed by atoms with Crippen LogP contribution in [0.3, 0.4) is 0 Å². The van der Waals surface area contributed by atoms with Gasteiger partial charge in [-0.1, -0.05) is 6.07 Å². The fourth-order valence-electron chi connectivity index (χ4n) is 2.77. The Balaban J connectivity index is 1.79. The molecule has 140 valence electrons. The predicted octanol–water partition coefficient (Wildman–Crippen LogP) is 5.50. The average Bonchev–Trinajstić information content (AvgIpc) is 3.37. The van der Waals surface area contributed by atoms with Crippen LogP contribution >= 0.6 is 22.9 Å². The monoisotopic (exact) mass is 406 g/mol. The Morgan fingerprint density at radius 2 is 2.26 bits per heavy atom. The van der Waals surface area contributed by atoms with Crippen LogP contribution in [0, 0.1) is 0 Å². The lowest BCUT2D eigenvalue weighted by atomic mass is 10.1. The average molecular weight is 407 g/mol. The second-order valence-corrected chi connectivity index (χ2v) is 7.38. The van der Waals surface area contributed by atoms with Gasteiger partial charge in [0.1, 0.15) is 23.1 Å². The highest BCUT2D eigenvalue weighted by atomic mass is 35.5. The molecule has 0 aliphatic heterocycles. The van der Waals surface area contributed by atoms with Gasteiger partial charge in [-0.25, -0.2) is 14.4 Å². The van der Waals surface area contributed by atoms with Gasteiger partial charge >= 0.3 is 0 Å². The minimum atomic E-state index is -0.957. The van der Waals surface area contributed by atoms with Crippen LogP contribution in [-0.4, -0.2) is 21.1 Å². The molecule has 0 radical (unpaired) electrons. The molecule has 0 saturated carbocycles. The molecule has 1 N–H and O–H groups in total. The van der Waals surface area contributed by atoms with E-state index in [0.29, 0.717) is 53.5 Å². The largest absolute Gasteiger partial charge is 0.455 e. The van der Waals surface area contributed by atoms with Crippen LogP contribution in [0.1, 0.15) is 24.0 Å². The summed E-state index contributed by atoms with van der Waals surface area (Å²) in [5.41, 5.74) is 1.53. The van der Waals surface area contributed by atoms with Crippen molar-refractivity contribution in [3.8, 4) is 11.5 Å². The van der Waals surface area contributed by atoms with Crippen molar-refractivity contribution in [3.63, 3.8) is 0 Å². The molecule has 0 fully saturated rings. The number of nitrogens with zero attached hydrogens (tertiary/aromatic N) is 3. The maximum atomic E-state index is 13.4. The van der Waals surface area contributed by atoms with E-state index in [-0.39, 0.29) is 5.28 Å². The number of nitrogens with one attached hydrogen (secondary N) is 1. The summed E-state index contributed by atoms with van der Waals surface area (Å²) in [4.78, 5) is 13.9. The fraction of sp³-hybridized carbons (Fsp3) is 0.278. The normalized spacial score (nSPS) is 12.6. The van der Waals surface area contributed by atoms with Crippen LogP contribution < -0.4 is 5.32 Å². The number of halogens is 2. The molecule has 4 aromatic rings. The number of aryl methyl sites for hydroxylation is 1. The fourth-order valence-corrected chi connectivity index (χ4v) is 3.59. The van der Waals surface area contributed by atoms with Gasteiger partial charge in [-0.15, -0.1) is 11.3 Å². The van der Waals surface area contributed by atoms with E-state index in [2.05, 4.69) is 20.3 Å². The molecule has 4 aromatic heterocycles. The Bertz CT molecular complexity index is 1030. The molecule has 0 aliphatic carbocycles. The standard InChI is InChI=1S/C18H16ClFN4O2S/c1-10(20)4-5-12-13(17-21-6-7-25-17)14-15(26-12)16(24-18(19)23-14)22-9-11-3-2-8-27-11/h2-3,6-8,10H,4-5,9H2,1H3,(H,22,23,24). The van der Waals surface area contributed by atoms with Crippen LogP contribution in [-0.2, 0) is 13.0 Å². The molecule has 4 rings (SSSR count). The molecule has 27 heavy (non-hydrogen) atoms. The summed E-state index contributed by atoms with van der Waals surface area (Å²) in [6.07, 6.45) is 2.74. The van der Waals surface area contributed by atoms with E-state index < -0.39 is 6.17 Å². The smallest absolute Gasteiger partial charge is 0.231 e. The minimum absolute atomic E-state index is 0.0789. The maximum absolute atomic E-state index is 13.4. The highest BCUT2D eigenvalue weighted by Gasteiger charge is 2.24. The molecule has 4 heterocycles. The lowest BCUT2D eigenvalue weighted by Crippen LogP contribution is -2.01. The third kappa shape index (κ3) is 3.81. The summed E-state index contributed by atoms with van der Waals surface area (Å²) < 4.78 is 24.9. The first-order valence-electron chi connectivity index (χ1n) is 8.41. The van der Waals surface area contributed by atoms with E-state index >= 15 is 0 Å². The van der Waals surface area contributed by atoms with Crippen molar-refractivity contribution in [3.05, 3.63) is 45.9 Å². The lowest BCUT2D eigenvalue weighted by molar-refractivity contribution is 0.334. The molecule has 1 unspecified atom stereocenters. The molecule has 0 spiro atoms. The van der Waals surface area contributed by atoms with Crippen molar-refractivity contribution >= 4 is 39.9 Å². The number of anilines is 1. The molecule has 0 bridgehead atoms. The second-order valence-electron chi connectivity index (χ2n) is 6.01. The van der Waals surface area contributed by atoms with Crippen LogP contribution in [0.25, 0.3) is 22.6 Å². The van der Waals surface area contributed by atoms with Crippen molar-refractivity contribution in [2.24, 2.45) is 0 Å². The van der Waals surface area contributed by atoms with Crippen LogP contribution in [0.5, 0.6) is 0 Å². The summed E-state index contributed by atoms with van der Waals surface area (Å²) in [5.74, 6) is 1.38. The number of thiophene rings is 1. The molecular formula is C18H16ClFN4O2S. The topological polar surface area (TPSA) is 77.0 Å². The second kappa shape index (κ2) is 7.66. The zero-order valence-corrected chi connectivity index (χ0v) is 16.0. The van der Waals surface area contributed by atoms with Crippen LogP contribution in [0.2, 0.25) is 5.28 Å². The van der Waals surface area contributed by atoms with E-state index in [1.807, 2.05) is 17.5 Å². The number of furan rings is 1. The summed E-state index contributed by atoms with van der Waals surface area (Å²) in [6.45, 7) is 2.09. The molecule has 0 amide bonds. The third-order valence-corrected chi connectivity index (χ3v) is 5.05. The van der Waals surface area contributed by atoms with Gasteiger partial charge in [0.25, 0.3) is 0 Å². The van der Waals surface area contributed by atoms with Crippen molar-refractivity contribution in [2.45, 2.75) is 32.5 Å². The quantitative estimate of drug-likeness (QED) is 0.408. The highest BCUT2D eigenvalue weighted by molar-refractivity contribution is 7.09. The van der Waals surface area contributed by atoms with Crippen molar-refractivity contribution in [1.29, 1.82) is 0 Å². The summed E-state index contributed by atoms with van der Waals surface area (Å²) in [5, 5.41) is 5.32. The van der Waals surface area contributed by atoms with E-state index in [1.165, 1.54) is 19.4 Å². The number of fused-ring (bicyclic) bond motifs is 1. The first kappa shape index (κ1) is 17.9. The molecule has 0 saturated heterocycles. The Morgan fingerprint density at radius 3 is 2.96 bits per heavy atom. The minimum Gasteiger partial charge on any atom is -0.455 e. The summed E-state index contributed by atoms with van der Waals surface area (Å²) in [7, 11) is 0. The number of alkyl halides is 1. The summed E-state index contributed by atoms with van der Waals surface area (Å²) in [6, 6.07) is 4.00. The Labute approximate surface area is 163 Å². The van der Waals surface area contributed by atoms with Gasteiger partial charge < -0.3 is 14.2 Å². The number of hydrogen-bond donors (Lipinski definition) is 1. The Morgan fingerprint density at radius 1 is 1.37 bits per heavy atom. The van der Waals surface area contributed by atoms with Crippen molar-refractivity contribution in [2.75, 3.05) is 5.32 Å². The van der Waals surface area contributed by atoms with E-state index in [4.69, 9.17) is 20.4 Å². The first-order valence-corrected chi connectivity index (χ1v) is 9.66. The molecular weight excluding hydrogens is 391 g/mol. The zero-order chi connectivity index (χ0) is 18.8. The van der Waals surface area contributed by atoms with Gasteiger partial charge in [0, 0.05) is 11.3 Å². The first-order chi connectivity index (χ1) is 13.1. The zero-order valence-electron chi connectivity index (χ0n) is 14.4. The number of aromatic nitrogens is 3. The molecule has 9 heteroatoms. The SMILES string of the molecule is CC(F)CCc1oc2c(NCc3cccs3)nc(Cl)nc2c1-c1ncco1. The number of oxazole rings is 1. The molecule has 0 aromatic carbocycles. The number of hydrogen-bond acceptors (Lipinski definition) is 7. The molecule has 0 aliphatic rings. The predicted molar refractivity (Wildman–Crippen MR) is 103 cm³/mol. The highest BCUT2D eigenvalue weighted by Crippen LogP contribution is 2.37. The van der Waals surface area contributed by atoms with Gasteiger partial charge in [0.15, 0.2) is 11.4 Å². The van der Waals surface area contributed by atoms with Gasteiger partial charge in [-0.05, 0) is 36.4 Å². The lowest BCUT2D eigenvalue weighted by Gasteiger charge is -2.04.